The third-order valence-electron chi connectivity index (χ3n) is 2.46. The van der Waals surface area contributed by atoms with Crippen LogP contribution in [0.5, 0.6) is 0 Å². The van der Waals surface area contributed by atoms with Crippen molar-refractivity contribution >= 4 is 16.9 Å². The first kappa shape index (κ1) is 9.73. The quantitative estimate of drug-likeness (QED) is 0.776. The molecule has 1 unspecified atom stereocenters. The van der Waals surface area contributed by atoms with Crippen LogP contribution in [0.15, 0.2) is 30.5 Å². The average molecular weight is 205 g/mol. The Balaban J connectivity index is 2.52. The number of aliphatic hydroxyl groups excluding tert-OH is 1. The summed E-state index contributed by atoms with van der Waals surface area (Å²) in [6, 6.07) is 7.00. The molecule has 2 N–H and O–H groups in total. The van der Waals surface area contributed by atoms with Crippen molar-refractivity contribution < 1.29 is 15.0 Å². The van der Waals surface area contributed by atoms with E-state index in [9.17, 15) is 9.90 Å². The molecule has 0 bridgehead atoms. The van der Waals surface area contributed by atoms with E-state index in [1.54, 1.807) is 18.2 Å². The lowest BCUT2D eigenvalue weighted by Gasteiger charge is -2.05. The second kappa shape index (κ2) is 3.40. The van der Waals surface area contributed by atoms with E-state index in [4.69, 9.17) is 5.11 Å². The van der Waals surface area contributed by atoms with Crippen LogP contribution in [-0.2, 0) is 11.8 Å². The van der Waals surface area contributed by atoms with Crippen LogP contribution in [-0.4, -0.2) is 20.7 Å². The Morgan fingerprint density at radius 1 is 1.40 bits per heavy atom. The highest BCUT2D eigenvalue weighted by atomic mass is 16.4. The molecule has 4 heteroatoms. The second-order valence-electron chi connectivity index (χ2n) is 3.49. The molecule has 0 fully saturated rings. The number of aliphatic carboxylic acids is 1. The van der Waals surface area contributed by atoms with Crippen LogP contribution in [0.1, 0.15) is 11.7 Å². The van der Waals surface area contributed by atoms with Crippen LogP contribution in [0.4, 0.5) is 0 Å². The van der Waals surface area contributed by atoms with E-state index in [0.717, 1.165) is 10.9 Å². The second-order valence-corrected chi connectivity index (χ2v) is 3.49. The number of aliphatic hydroxyl groups is 1. The minimum Gasteiger partial charge on any atom is -0.479 e. The largest absolute Gasteiger partial charge is 0.479 e. The predicted octanol–water partition coefficient (Wildman–Crippen LogP) is 1.30. The van der Waals surface area contributed by atoms with Gasteiger partial charge in [0, 0.05) is 18.8 Å². The van der Waals surface area contributed by atoms with E-state index in [1.807, 2.05) is 23.9 Å². The fourth-order valence-corrected chi connectivity index (χ4v) is 1.61. The molecule has 0 saturated heterocycles. The molecule has 2 aromatic rings. The summed E-state index contributed by atoms with van der Waals surface area (Å²) in [5.41, 5.74) is 1.41. The normalized spacial score (nSPS) is 12.9. The van der Waals surface area contributed by atoms with E-state index < -0.39 is 12.1 Å². The molecule has 0 aliphatic carbocycles. The van der Waals surface area contributed by atoms with Gasteiger partial charge in [0.2, 0.25) is 0 Å². The zero-order valence-electron chi connectivity index (χ0n) is 8.21. The lowest BCUT2D eigenvalue weighted by molar-refractivity contribution is -0.146. The Morgan fingerprint density at radius 2 is 2.13 bits per heavy atom. The number of fused-ring (bicyclic) bond motifs is 1. The van der Waals surface area contributed by atoms with E-state index in [1.165, 1.54) is 0 Å². The first-order valence-corrected chi connectivity index (χ1v) is 4.55. The summed E-state index contributed by atoms with van der Waals surface area (Å²) in [4.78, 5) is 10.6. The molecule has 0 radical (unpaired) electrons. The number of carbonyl (C=O) groups is 1. The molecule has 2 rings (SSSR count). The van der Waals surface area contributed by atoms with Gasteiger partial charge in [-0.1, -0.05) is 6.07 Å². The summed E-state index contributed by atoms with van der Waals surface area (Å²) in [6.45, 7) is 0. The Morgan fingerprint density at radius 3 is 2.80 bits per heavy atom. The van der Waals surface area contributed by atoms with Crippen LogP contribution in [0.2, 0.25) is 0 Å². The molecule has 78 valence electrons. The number of rotatable bonds is 2. The fraction of sp³-hybridized carbons (Fsp3) is 0.182. The van der Waals surface area contributed by atoms with Crippen LogP contribution < -0.4 is 0 Å². The van der Waals surface area contributed by atoms with Crippen LogP contribution in [0, 0.1) is 0 Å². The summed E-state index contributed by atoms with van der Waals surface area (Å²) in [5, 5.41) is 18.9. The summed E-state index contributed by atoms with van der Waals surface area (Å²) >= 11 is 0. The maximum absolute atomic E-state index is 10.6. The average Bonchev–Trinajstić information content (AvgIpc) is 2.59. The van der Waals surface area contributed by atoms with Crippen molar-refractivity contribution in [3.05, 3.63) is 36.0 Å². The minimum absolute atomic E-state index is 0.404. The number of benzene rings is 1. The highest BCUT2D eigenvalue weighted by Crippen LogP contribution is 2.21. The number of hydrogen-bond donors (Lipinski definition) is 2. The van der Waals surface area contributed by atoms with Crippen LogP contribution in [0.25, 0.3) is 10.9 Å². The minimum atomic E-state index is -1.45. The van der Waals surface area contributed by atoms with Gasteiger partial charge >= 0.3 is 5.97 Å². The van der Waals surface area contributed by atoms with Crippen molar-refractivity contribution in [3.8, 4) is 0 Å². The molecule has 0 amide bonds. The summed E-state index contributed by atoms with van der Waals surface area (Å²) in [6.07, 6.45) is 0.441. The zero-order chi connectivity index (χ0) is 11.0. The summed E-state index contributed by atoms with van der Waals surface area (Å²) < 4.78 is 1.94. The molecular formula is C11H11NO3. The Bertz CT molecular complexity index is 516. The van der Waals surface area contributed by atoms with Gasteiger partial charge in [0.25, 0.3) is 0 Å². The number of carboxylic acid groups (broad SMARTS) is 1. The first-order valence-electron chi connectivity index (χ1n) is 4.55. The lowest BCUT2D eigenvalue weighted by Crippen LogP contribution is -2.10. The van der Waals surface area contributed by atoms with Gasteiger partial charge in [-0.3, -0.25) is 0 Å². The number of aromatic nitrogens is 1. The number of hydrogen-bond acceptors (Lipinski definition) is 2. The molecular weight excluding hydrogens is 194 g/mol. The molecule has 0 saturated carbocycles. The van der Waals surface area contributed by atoms with Crippen LogP contribution in [0.3, 0.4) is 0 Å². The van der Waals surface area contributed by atoms with Crippen molar-refractivity contribution in [1.29, 1.82) is 0 Å². The van der Waals surface area contributed by atoms with E-state index in [0.29, 0.717) is 5.56 Å². The maximum atomic E-state index is 10.6. The van der Waals surface area contributed by atoms with Gasteiger partial charge in [-0.2, -0.15) is 0 Å². The van der Waals surface area contributed by atoms with Crippen molar-refractivity contribution in [2.75, 3.05) is 0 Å². The van der Waals surface area contributed by atoms with Crippen molar-refractivity contribution in [1.82, 2.24) is 4.57 Å². The van der Waals surface area contributed by atoms with Gasteiger partial charge in [-0.15, -0.1) is 0 Å². The summed E-state index contributed by atoms with van der Waals surface area (Å²) in [5.74, 6) is -1.23. The predicted molar refractivity (Wildman–Crippen MR) is 55.5 cm³/mol. The number of nitrogens with zero attached hydrogens (tertiary/aromatic N) is 1. The molecule has 15 heavy (non-hydrogen) atoms. The lowest BCUT2D eigenvalue weighted by atomic mass is 10.1. The van der Waals surface area contributed by atoms with E-state index in [-0.39, 0.29) is 0 Å². The molecule has 1 aromatic carbocycles. The van der Waals surface area contributed by atoms with E-state index in [2.05, 4.69) is 0 Å². The molecule has 1 aromatic heterocycles. The molecule has 1 heterocycles. The van der Waals surface area contributed by atoms with Crippen molar-refractivity contribution in [3.63, 3.8) is 0 Å². The molecule has 0 aliphatic rings. The van der Waals surface area contributed by atoms with Gasteiger partial charge in [-0.05, 0) is 29.1 Å². The summed E-state index contributed by atoms with van der Waals surface area (Å²) in [7, 11) is 1.91. The Hall–Kier alpha value is -1.81. The smallest absolute Gasteiger partial charge is 0.337 e. The molecule has 4 nitrogen and oxygen atoms in total. The third kappa shape index (κ3) is 1.59. The van der Waals surface area contributed by atoms with Gasteiger partial charge in [0.15, 0.2) is 6.10 Å². The number of aryl methyl sites for hydroxylation is 1. The zero-order valence-corrected chi connectivity index (χ0v) is 8.21. The Kier molecular flexibility index (Phi) is 2.21. The van der Waals surface area contributed by atoms with Gasteiger partial charge in [0.05, 0.1) is 0 Å². The Labute approximate surface area is 86.4 Å². The maximum Gasteiger partial charge on any atom is 0.337 e. The van der Waals surface area contributed by atoms with Gasteiger partial charge in [-0.25, -0.2) is 4.79 Å². The van der Waals surface area contributed by atoms with Crippen molar-refractivity contribution in [2.24, 2.45) is 7.05 Å². The molecule has 0 aliphatic heterocycles. The molecule has 0 spiro atoms. The number of carboxylic acids is 1. The van der Waals surface area contributed by atoms with Crippen molar-refractivity contribution in [2.45, 2.75) is 6.10 Å². The van der Waals surface area contributed by atoms with Gasteiger partial charge in [0.1, 0.15) is 0 Å². The highest BCUT2D eigenvalue weighted by Gasteiger charge is 2.16. The standard InChI is InChI=1S/C11H11NO3/c1-12-5-4-7-6-8(2-3-9(7)12)10(13)11(14)15/h2-6,10,13H,1H3,(H,14,15). The molecule has 1 atom stereocenters. The first-order chi connectivity index (χ1) is 7.09. The third-order valence-corrected chi connectivity index (χ3v) is 2.46. The highest BCUT2D eigenvalue weighted by molar-refractivity contribution is 5.83. The fourth-order valence-electron chi connectivity index (χ4n) is 1.61. The van der Waals surface area contributed by atoms with E-state index >= 15 is 0 Å². The van der Waals surface area contributed by atoms with Gasteiger partial charge < -0.3 is 14.8 Å². The topological polar surface area (TPSA) is 62.5 Å². The SMILES string of the molecule is Cn1ccc2cc(C(O)C(=O)O)ccc21. The monoisotopic (exact) mass is 205 g/mol. The van der Waals surface area contributed by atoms with Crippen LogP contribution >= 0.6 is 0 Å².